The highest BCUT2D eigenvalue weighted by Gasteiger charge is 2.24. The first-order chi connectivity index (χ1) is 14.6. The predicted octanol–water partition coefficient (Wildman–Crippen LogP) is 6.34. The van der Waals surface area contributed by atoms with E-state index in [0.717, 1.165) is 16.3 Å². The average Bonchev–Trinajstić information content (AvgIpc) is 2.70. The van der Waals surface area contributed by atoms with Gasteiger partial charge in [0.25, 0.3) is 0 Å². The molecule has 0 bridgehead atoms. The summed E-state index contributed by atoms with van der Waals surface area (Å²) < 4.78 is 0. The third kappa shape index (κ3) is 4.83. The Morgan fingerprint density at radius 2 is 0.903 bits per heavy atom. The van der Waals surface area contributed by atoms with Crippen molar-refractivity contribution in [2.45, 2.75) is 19.8 Å². The van der Waals surface area contributed by atoms with Gasteiger partial charge in [0.15, 0.2) is 0 Å². The number of rotatable bonds is 6. The maximum Gasteiger partial charge on any atom is 0.0468 e. The summed E-state index contributed by atoms with van der Waals surface area (Å²) in [5.74, 6) is 0.0659. The molecule has 3 aromatic rings. The van der Waals surface area contributed by atoms with Gasteiger partial charge in [0.1, 0.15) is 0 Å². The molecule has 0 N–H and O–H groups in total. The molecular formula is C27H34ClN3. The van der Waals surface area contributed by atoms with Crippen molar-refractivity contribution < 1.29 is 0 Å². The molecule has 0 saturated heterocycles. The first-order valence-corrected chi connectivity index (χ1v) is 11.0. The number of benzene rings is 3. The molecule has 31 heavy (non-hydrogen) atoms. The fourth-order valence-electron chi connectivity index (χ4n) is 4.05. The minimum Gasteiger partial charge on any atom is -0.378 e. The predicted molar refractivity (Wildman–Crippen MR) is 138 cm³/mol. The van der Waals surface area contributed by atoms with Crippen LogP contribution in [-0.2, 0) is 0 Å². The van der Waals surface area contributed by atoms with Gasteiger partial charge < -0.3 is 14.7 Å². The maximum atomic E-state index is 6.89. The topological polar surface area (TPSA) is 9.72 Å². The zero-order valence-electron chi connectivity index (χ0n) is 20.0. The van der Waals surface area contributed by atoms with Gasteiger partial charge >= 0.3 is 0 Å². The molecule has 0 fully saturated rings. The van der Waals surface area contributed by atoms with Crippen molar-refractivity contribution in [1.82, 2.24) is 0 Å². The number of nitrogens with zero attached hydrogens (tertiary/aromatic N) is 3. The van der Waals surface area contributed by atoms with Gasteiger partial charge in [-0.2, -0.15) is 0 Å². The van der Waals surface area contributed by atoms with Crippen LogP contribution in [0.5, 0.6) is 0 Å². The van der Waals surface area contributed by atoms with E-state index in [-0.39, 0.29) is 5.92 Å². The lowest BCUT2D eigenvalue weighted by molar-refractivity contribution is 0.944. The van der Waals surface area contributed by atoms with E-state index in [1.807, 2.05) is 14.1 Å². The molecule has 0 aliphatic rings. The summed E-state index contributed by atoms with van der Waals surface area (Å²) in [5, 5.41) is 0.795. The summed E-state index contributed by atoms with van der Waals surface area (Å²) >= 11 is 6.89. The van der Waals surface area contributed by atoms with Crippen LogP contribution in [0.15, 0.2) is 54.6 Å². The zero-order valence-corrected chi connectivity index (χ0v) is 20.7. The molecule has 3 rings (SSSR count). The quantitative estimate of drug-likeness (QED) is 0.418. The van der Waals surface area contributed by atoms with Gasteiger partial charge in [0.2, 0.25) is 0 Å². The third-order valence-electron chi connectivity index (χ3n) is 5.97. The van der Waals surface area contributed by atoms with E-state index in [1.165, 1.54) is 33.6 Å². The van der Waals surface area contributed by atoms with Crippen LogP contribution in [0.25, 0.3) is 0 Å². The lowest BCUT2D eigenvalue weighted by Gasteiger charge is -2.26. The normalized spacial score (nSPS) is 11.0. The maximum absolute atomic E-state index is 6.89. The van der Waals surface area contributed by atoms with Gasteiger partial charge in [0, 0.05) is 70.3 Å². The summed E-state index contributed by atoms with van der Waals surface area (Å²) in [6.07, 6.45) is 0. The minimum absolute atomic E-state index is 0.0659. The van der Waals surface area contributed by atoms with Gasteiger partial charge in [-0.1, -0.05) is 29.8 Å². The Morgan fingerprint density at radius 1 is 0.548 bits per heavy atom. The Kier molecular flexibility index (Phi) is 6.86. The molecule has 0 atom stereocenters. The van der Waals surface area contributed by atoms with E-state index < -0.39 is 0 Å². The van der Waals surface area contributed by atoms with E-state index in [9.17, 15) is 0 Å². The van der Waals surface area contributed by atoms with Crippen LogP contribution in [0.3, 0.4) is 0 Å². The van der Waals surface area contributed by atoms with Gasteiger partial charge in [0.05, 0.1) is 0 Å². The SMILES string of the molecule is Cc1cc(N(C)C)ccc1C(c1ccc(N(C)C)cc1C)c1ccc(N(C)C)cc1Cl. The fraction of sp³-hybridized carbons (Fsp3) is 0.333. The van der Waals surface area contributed by atoms with Crippen molar-refractivity contribution in [1.29, 1.82) is 0 Å². The Balaban J connectivity index is 2.23. The second-order valence-corrected chi connectivity index (χ2v) is 9.31. The zero-order chi connectivity index (χ0) is 22.9. The number of anilines is 3. The first kappa shape index (κ1) is 23.0. The first-order valence-electron chi connectivity index (χ1n) is 10.6. The van der Waals surface area contributed by atoms with E-state index in [0.29, 0.717) is 0 Å². The number of halogens is 1. The van der Waals surface area contributed by atoms with Crippen molar-refractivity contribution >= 4 is 28.7 Å². The van der Waals surface area contributed by atoms with Gasteiger partial charge in [-0.15, -0.1) is 0 Å². The highest BCUT2D eigenvalue weighted by atomic mass is 35.5. The van der Waals surface area contributed by atoms with E-state index in [2.05, 4.69) is 111 Å². The van der Waals surface area contributed by atoms with Crippen molar-refractivity contribution in [3.8, 4) is 0 Å². The van der Waals surface area contributed by atoms with Gasteiger partial charge in [-0.05, 0) is 78.1 Å². The summed E-state index contributed by atoms with van der Waals surface area (Å²) in [6, 6.07) is 19.8. The standard InChI is InChI=1S/C27H34ClN3/c1-18-15-20(29(3)4)9-12-23(18)27(24-13-10-21(30(5)6)16-19(24)2)25-14-11-22(31(7)8)17-26(25)28/h9-17,27H,1-8H3. The van der Waals surface area contributed by atoms with Crippen LogP contribution in [0.4, 0.5) is 17.1 Å². The van der Waals surface area contributed by atoms with E-state index in [4.69, 9.17) is 11.6 Å². The van der Waals surface area contributed by atoms with E-state index >= 15 is 0 Å². The number of hydrogen-bond donors (Lipinski definition) is 0. The molecule has 0 spiro atoms. The summed E-state index contributed by atoms with van der Waals surface area (Å²) in [5.41, 5.74) is 9.74. The smallest absolute Gasteiger partial charge is 0.0468 e. The van der Waals surface area contributed by atoms with Gasteiger partial charge in [-0.3, -0.25) is 0 Å². The molecule has 3 aromatic carbocycles. The van der Waals surface area contributed by atoms with Crippen molar-refractivity contribution in [2.75, 3.05) is 57.0 Å². The van der Waals surface area contributed by atoms with Crippen LogP contribution >= 0.6 is 11.6 Å². The Labute approximate surface area is 192 Å². The van der Waals surface area contributed by atoms with Crippen LogP contribution in [-0.4, -0.2) is 42.3 Å². The van der Waals surface area contributed by atoms with Crippen molar-refractivity contribution in [3.05, 3.63) is 87.4 Å². The molecule has 3 nitrogen and oxygen atoms in total. The molecule has 4 heteroatoms. The molecule has 0 radical (unpaired) electrons. The van der Waals surface area contributed by atoms with Crippen LogP contribution in [0.1, 0.15) is 33.7 Å². The second-order valence-electron chi connectivity index (χ2n) is 8.90. The molecule has 0 aromatic heterocycles. The Morgan fingerprint density at radius 3 is 1.23 bits per heavy atom. The average molecular weight is 436 g/mol. The van der Waals surface area contributed by atoms with Crippen LogP contribution in [0, 0.1) is 13.8 Å². The molecule has 0 saturated carbocycles. The molecule has 0 aliphatic carbocycles. The summed E-state index contributed by atoms with van der Waals surface area (Å²) in [6.45, 7) is 4.39. The largest absolute Gasteiger partial charge is 0.378 e. The number of aryl methyl sites for hydroxylation is 2. The molecule has 164 valence electrons. The fourth-order valence-corrected chi connectivity index (χ4v) is 4.34. The molecule has 0 unspecified atom stereocenters. The van der Waals surface area contributed by atoms with Crippen molar-refractivity contribution in [2.24, 2.45) is 0 Å². The second kappa shape index (κ2) is 9.23. The number of hydrogen-bond acceptors (Lipinski definition) is 3. The van der Waals surface area contributed by atoms with Gasteiger partial charge in [-0.25, -0.2) is 0 Å². The van der Waals surface area contributed by atoms with Crippen molar-refractivity contribution in [3.63, 3.8) is 0 Å². The van der Waals surface area contributed by atoms with E-state index in [1.54, 1.807) is 0 Å². The monoisotopic (exact) mass is 435 g/mol. The summed E-state index contributed by atoms with van der Waals surface area (Å²) in [7, 11) is 12.4. The van der Waals surface area contributed by atoms with Crippen LogP contribution < -0.4 is 14.7 Å². The Hall–Kier alpha value is -2.65. The molecular weight excluding hydrogens is 402 g/mol. The molecule has 0 aliphatic heterocycles. The third-order valence-corrected chi connectivity index (χ3v) is 6.30. The lowest BCUT2D eigenvalue weighted by Crippen LogP contribution is -2.13. The lowest BCUT2D eigenvalue weighted by atomic mass is 9.81. The highest BCUT2D eigenvalue weighted by Crippen LogP contribution is 2.41. The summed E-state index contributed by atoms with van der Waals surface area (Å²) in [4.78, 5) is 6.36. The Bertz CT molecular complexity index is 933. The minimum atomic E-state index is 0.0659. The van der Waals surface area contributed by atoms with Crippen LogP contribution in [0.2, 0.25) is 5.02 Å². The highest BCUT2D eigenvalue weighted by molar-refractivity contribution is 6.31. The molecule has 0 amide bonds. The molecule has 0 heterocycles.